The normalized spacial score (nSPS) is 11.3. The Morgan fingerprint density at radius 3 is 1.58 bits per heavy atom. The number of aromatic nitrogens is 1. The van der Waals surface area contributed by atoms with E-state index in [0.717, 1.165) is 17.0 Å². The molecule has 1 aromatic heterocycles. The van der Waals surface area contributed by atoms with Crippen molar-refractivity contribution in [2.75, 3.05) is 0 Å². The Kier molecular flexibility index (Phi) is 4.85. The summed E-state index contributed by atoms with van der Waals surface area (Å²) in [5.41, 5.74) is 6.80. The summed E-state index contributed by atoms with van der Waals surface area (Å²) in [6, 6.07) is 49.6. The highest BCUT2D eigenvalue weighted by molar-refractivity contribution is 6.21. The fourth-order valence-corrected chi connectivity index (χ4v) is 5.40. The Balaban J connectivity index is 1.55. The molecule has 168 valence electrons. The predicted octanol–water partition coefficient (Wildman–Crippen LogP) is 9.54. The summed E-state index contributed by atoms with van der Waals surface area (Å²) in [4.78, 5) is 5.16. The molecule has 7 aromatic rings. The predicted molar refractivity (Wildman–Crippen MR) is 153 cm³/mol. The van der Waals surface area contributed by atoms with Gasteiger partial charge in [0.1, 0.15) is 0 Å². The van der Waals surface area contributed by atoms with Crippen LogP contribution in [0.2, 0.25) is 0 Å². The molecule has 0 aliphatic rings. The van der Waals surface area contributed by atoms with Crippen molar-refractivity contribution in [1.82, 2.24) is 4.98 Å². The highest BCUT2D eigenvalue weighted by Gasteiger charge is 2.17. The average molecular weight is 458 g/mol. The molecule has 0 aliphatic carbocycles. The van der Waals surface area contributed by atoms with Gasteiger partial charge < -0.3 is 0 Å². The van der Waals surface area contributed by atoms with Crippen LogP contribution in [0.3, 0.4) is 0 Å². The van der Waals surface area contributed by atoms with Crippen molar-refractivity contribution < 1.29 is 0 Å². The molecule has 0 saturated heterocycles. The number of hydrogen-bond acceptors (Lipinski definition) is 1. The Morgan fingerprint density at radius 2 is 0.889 bits per heavy atom. The molecule has 36 heavy (non-hydrogen) atoms. The second-order valence-electron chi connectivity index (χ2n) is 9.18. The monoisotopic (exact) mass is 457 g/mol. The van der Waals surface area contributed by atoms with E-state index in [4.69, 9.17) is 4.98 Å². The van der Waals surface area contributed by atoms with Crippen molar-refractivity contribution >= 4 is 32.3 Å². The second-order valence-corrected chi connectivity index (χ2v) is 9.18. The lowest BCUT2D eigenvalue weighted by Gasteiger charge is -2.18. The van der Waals surface area contributed by atoms with Crippen LogP contribution < -0.4 is 0 Å². The smallest absolute Gasteiger partial charge is 0.0722 e. The maximum atomic E-state index is 5.16. The molecule has 0 amide bonds. The van der Waals surface area contributed by atoms with Crippen molar-refractivity contribution in [2.24, 2.45) is 0 Å². The van der Waals surface area contributed by atoms with E-state index < -0.39 is 0 Å². The standard InChI is InChI=1S/C35H23N/c1-2-12-25(13-3-1)32-19-10-20-33(36-32)35-30-17-8-6-15-28(30)34(29-16-7-9-18-31(29)35)27-22-21-24-11-4-5-14-26(24)23-27/h1-23H. The van der Waals surface area contributed by atoms with Gasteiger partial charge in [0, 0.05) is 11.1 Å². The number of rotatable bonds is 3. The first kappa shape index (κ1) is 20.6. The average Bonchev–Trinajstić information content (AvgIpc) is 2.96. The zero-order chi connectivity index (χ0) is 23.9. The third-order valence-corrected chi connectivity index (χ3v) is 7.04. The third-order valence-electron chi connectivity index (χ3n) is 7.04. The molecule has 0 saturated carbocycles. The number of fused-ring (bicyclic) bond motifs is 3. The molecule has 1 heteroatoms. The number of nitrogens with zero attached hydrogens (tertiary/aromatic N) is 1. The third kappa shape index (κ3) is 3.37. The Bertz CT molecular complexity index is 1830. The van der Waals surface area contributed by atoms with Crippen molar-refractivity contribution in [2.45, 2.75) is 0 Å². The molecule has 0 fully saturated rings. The Morgan fingerprint density at radius 1 is 0.333 bits per heavy atom. The SMILES string of the molecule is c1ccc(-c2cccc(-c3c4ccccc4c(-c4ccc5ccccc5c4)c4ccccc34)n2)cc1. The maximum absolute atomic E-state index is 5.16. The molecule has 7 rings (SSSR count). The van der Waals surface area contributed by atoms with Crippen LogP contribution in [0, 0.1) is 0 Å². The van der Waals surface area contributed by atoms with E-state index in [1.807, 2.05) is 6.07 Å². The van der Waals surface area contributed by atoms with Gasteiger partial charge in [-0.05, 0) is 61.6 Å². The molecular weight excluding hydrogens is 434 g/mol. The summed E-state index contributed by atoms with van der Waals surface area (Å²) >= 11 is 0. The van der Waals surface area contributed by atoms with Crippen LogP contribution in [-0.4, -0.2) is 4.98 Å². The van der Waals surface area contributed by atoms with E-state index in [1.54, 1.807) is 0 Å². The number of hydrogen-bond donors (Lipinski definition) is 0. The van der Waals surface area contributed by atoms with Gasteiger partial charge in [0.05, 0.1) is 11.4 Å². The van der Waals surface area contributed by atoms with Crippen LogP contribution in [0.1, 0.15) is 0 Å². The fraction of sp³-hybridized carbons (Fsp3) is 0. The van der Waals surface area contributed by atoms with Crippen LogP contribution >= 0.6 is 0 Å². The lowest BCUT2D eigenvalue weighted by atomic mass is 9.86. The highest BCUT2D eigenvalue weighted by Crippen LogP contribution is 2.43. The second kappa shape index (κ2) is 8.48. The molecule has 0 N–H and O–H groups in total. The van der Waals surface area contributed by atoms with Crippen LogP contribution in [0.4, 0.5) is 0 Å². The first-order valence-electron chi connectivity index (χ1n) is 12.3. The summed E-state index contributed by atoms with van der Waals surface area (Å²) in [5.74, 6) is 0. The van der Waals surface area contributed by atoms with Gasteiger partial charge in [-0.25, -0.2) is 4.98 Å². The molecule has 0 aliphatic heterocycles. The maximum Gasteiger partial charge on any atom is 0.0722 e. The summed E-state index contributed by atoms with van der Waals surface area (Å²) in [7, 11) is 0. The minimum absolute atomic E-state index is 0.986. The largest absolute Gasteiger partial charge is 0.248 e. The van der Waals surface area contributed by atoms with Crippen LogP contribution in [0.5, 0.6) is 0 Å². The zero-order valence-electron chi connectivity index (χ0n) is 19.7. The molecule has 0 atom stereocenters. The molecule has 0 radical (unpaired) electrons. The van der Waals surface area contributed by atoms with Crippen LogP contribution in [-0.2, 0) is 0 Å². The molecule has 0 spiro atoms. The van der Waals surface area contributed by atoms with E-state index >= 15 is 0 Å². The van der Waals surface area contributed by atoms with Gasteiger partial charge in [-0.3, -0.25) is 0 Å². The fourth-order valence-electron chi connectivity index (χ4n) is 5.40. The van der Waals surface area contributed by atoms with Gasteiger partial charge in [-0.2, -0.15) is 0 Å². The summed E-state index contributed by atoms with van der Waals surface area (Å²) in [6.45, 7) is 0. The van der Waals surface area contributed by atoms with E-state index in [-0.39, 0.29) is 0 Å². The van der Waals surface area contributed by atoms with Gasteiger partial charge in [0.15, 0.2) is 0 Å². The summed E-state index contributed by atoms with van der Waals surface area (Å²) in [6.07, 6.45) is 0. The lowest BCUT2D eigenvalue weighted by molar-refractivity contribution is 1.33. The van der Waals surface area contributed by atoms with E-state index in [1.165, 1.54) is 49.0 Å². The molecule has 1 nitrogen and oxygen atoms in total. The highest BCUT2D eigenvalue weighted by atomic mass is 14.7. The number of benzene rings is 6. The number of pyridine rings is 1. The zero-order valence-corrected chi connectivity index (χ0v) is 19.7. The topological polar surface area (TPSA) is 12.9 Å². The minimum Gasteiger partial charge on any atom is -0.248 e. The molecule has 0 unspecified atom stereocenters. The molecular formula is C35H23N. The first-order chi connectivity index (χ1) is 17.9. The van der Waals surface area contributed by atoms with Crippen molar-refractivity contribution in [3.8, 4) is 33.6 Å². The van der Waals surface area contributed by atoms with E-state index in [0.29, 0.717) is 0 Å². The van der Waals surface area contributed by atoms with Crippen molar-refractivity contribution in [3.05, 3.63) is 140 Å². The van der Waals surface area contributed by atoms with Crippen molar-refractivity contribution in [3.63, 3.8) is 0 Å². The van der Waals surface area contributed by atoms with Gasteiger partial charge >= 0.3 is 0 Å². The quantitative estimate of drug-likeness (QED) is 0.241. The molecule has 6 aromatic carbocycles. The minimum atomic E-state index is 0.986. The van der Waals surface area contributed by atoms with E-state index in [2.05, 4.69) is 133 Å². The lowest BCUT2D eigenvalue weighted by Crippen LogP contribution is -1.93. The Hall–Kier alpha value is -4.75. The van der Waals surface area contributed by atoms with Crippen LogP contribution in [0.25, 0.3) is 66.0 Å². The Labute approximate surface area is 210 Å². The molecule has 0 bridgehead atoms. The van der Waals surface area contributed by atoms with Gasteiger partial charge in [0.25, 0.3) is 0 Å². The first-order valence-corrected chi connectivity index (χ1v) is 12.3. The summed E-state index contributed by atoms with van der Waals surface area (Å²) < 4.78 is 0. The van der Waals surface area contributed by atoms with E-state index in [9.17, 15) is 0 Å². The summed E-state index contributed by atoms with van der Waals surface area (Å²) in [5, 5.41) is 7.44. The molecule has 1 heterocycles. The van der Waals surface area contributed by atoms with Gasteiger partial charge in [-0.15, -0.1) is 0 Å². The van der Waals surface area contributed by atoms with Crippen molar-refractivity contribution in [1.29, 1.82) is 0 Å². The van der Waals surface area contributed by atoms with Crippen LogP contribution in [0.15, 0.2) is 140 Å². The van der Waals surface area contributed by atoms with Gasteiger partial charge in [-0.1, -0.05) is 121 Å². The van der Waals surface area contributed by atoms with Gasteiger partial charge in [0.2, 0.25) is 0 Å².